The summed E-state index contributed by atoms with van der Waals surface area (Å²) in [5.41, 5.74) is 3.25. The molecule has 0 aliphatic carbocycles. The van der Waals surface area contributed by atoms with Gasteiger partial charge in [-0.2, -0.15) is 0 Å². The number of pyridine rings is 3. The molecule has 0 N–H and O–H groups in total. The molecule has 0 saturated carbocycles. The van der Waals surface area contributed by atoms with Gasteiger partial charge in [0.05, 0.1) is 22.6 Å². The maximum Gasteiger partial charge on any atom is 0.232 e. The Balaban J connectivity index is 0. The lowest BCUT2D eigenvalue weighted by Gasteiger charge is -2.09. The highest BCUT2D eigenvalue weighted by molar-refractivity contribution is 7.91. The fourth-order valence-corrected chi connectivity index (χ4v) is 5.52. The van der Waals surface area contributed by atoms with Crippen molar-refractivity contribution in [2.75, 3.05) is 25.9 Å². The van der Waals surface area contributed by atoms with Crippen molar-refractivity contribution in [2.24, 2.45) is 0 Å². The van der Waals surface area contributed by atoms with E-state index < -0.39 is 29.5 Å². The number of halogens is 1. The maximum atomic E-state index is 11.5. The van der Waals surface area contributed by atoms with Crippen LogP contribution in [0, 0.1) is 13.8 Å². The zero-order valence-electron chi connectivity index (χ0n) is 27.0. The van der Waals surface area contributed by atoms with E-state index in [0.717, 1.165) is 22.9 Å². The number of rotatable bonds is 6. The minimum absolute atomic E-state index is 0. The summed E-state index contributed by atoms with van der Waals surface area (Å²) in [4.78, 5) is 12.6. The molecule has 3 aromatic heterocycles. The van der Waals surface area contributed by atoms with Gasteiger partial charge in [-0.15, -0.1) is 0 Å². The van der Waals surface area contributed by atoms with Gasteiger partial charge < -0.3 is 4.74 Å². The molecule has 43 heavy (non-hydrogen) atoms. The molecule has 3 rings (SSSR count). The molecular weight excluding hydrogens is 618 g/mol. The fraction of sp³-hybridized carbons (Fsp3) is 0.483. The molecule has 0 fully saturated rings. The topological polar surface area (TPSA) is 150 Å². The molecule has 0 unspecified atom stereocenters. The Bertz CT molecular complexity index is 1640. The first-order valence-corrected chi connectivity index (χ1v) is 18.9. The van der Waals surface area contributed by atoms with E-state index in [-0.39, 0.29) is 21.4 Å². The molecule has 0 spiro atoms. The van der Waals surface area contributed by atoms with Crippen LogP contribution in [0.4, 0.5) is 4.70 Å². The van der Waals surface area contributed by atoms with E-state index in [0.29, 0.717) is 21.4 Å². The standard InChI is InChI=1S/C10H15NO3S.C9H13NO2S.C8H11NO2S.C2H6.FH/c1-7(2)8-5-9(15(4,12)13)10(14-3)11-6-8;1-7(2)8-4-9(6-10-5-8)13(3,11)12;1-6-4-8(12(3,10)11)7(2)9-5-6;1-2;/h5-7H,1-4H3;4-7H,1-3H3;4-5H,1-3H3;1-2H3;1H. The van der Waals surface area contributed by atoms with Crippen LogP contribution in [0.1, 0.15) is 75.8 Å². The van der Waals surface area contributed by atoms with Gasteiger partial charge in [0, 0.05) is 43.6 Å². The third-order valence-electron chi connectivity index (χ3n) is 5.50. The molecule has 0 aliphatic rings. The van der Waals surface area contributed by atoms with Crippen molar-refractivity contribution < 1.29 is 34.7 Å². The predicted molar refractivity (Wildman–Crippen MR) is 170 cm³/mol. The lowest BCUT2D eigenvalue weighted by Crippen LogP contribution is -2.04. The van der Waals surface area contributed by atoms with Crippen LogP contribution in [-0.4, -0.2) is 66.1 Å². The number of ether oxygens (including phenoxy) is 1. The molecule has 0 amide bonds. The molecule has 0 saturated heterocycles. The summed E-state index contributed by atoms with van der Waals surface area (Å²) in [6.07, 6.45) is 9.89. The number of aryl methyl sites for hydroxylation is 2. The van der Waals surface area contributed by atoms with Crippen LogP contribution in [0.2, 0.25) is 0 Å². The number of hydrogen-bond donors (Lipinski definition) is 0. The van der Waals surface area contributed by atoms with Crippen molar-refractivity contribution in [1.29, 1.82) is 0 Å². The summed E-state index contributed by atoms with van der Waals surface area (Å²) in [5, 5.41) is 0. The third-order valence-corrected chi connectivity index (χ3v) is 8.89. The van der Waals surface area contributed by atoms with E-state index >= 15 is 0 Å². The summed E-state index contributed by atoms with van der Waals surface area (Å²) in [6.45, 7) is 15.5. The van der Waals surface area contributed by atoms with E-state index in [2.05, 4.69) is 15.0 Å². The van der Waals surface area contributed by atoms with Gasteiger partial charge in [0.1, 0.15) is 4.90 Å². The molecule has 14 heteroatoms. The van der Waals surface area contributed by atoms with E-state index in [1.165, 1.54) is 25.8 Å². The smallest absolute Gasteiger partial charge is 0.232 e. The van der Waals surface area contributed by atoms with Gasteiger partial charge in [-0.05, 0) is 60.6 Å². The number of nitrogens with zero attached hydrogens (tertiary/aromatic N) is 3. The SMILES string of the molecule is CC.CC(C)c1cncc(S(C)(=O)=O)c1.COc1ncc(C(C)C)cc1S(C)(=O)=O.Cc1cnc(C)c(S(C)(=O)=O)c1.F. The van der Waals surface area contributed by atoms with E-state index in [4.69, 9.17) is 4.74 Å². The quantitative estimate of drug-likeness (QED) is 0.330. The first-order valence-electron chi connectivity index (χ1n) is 13.2. The van der Waals surface area contributed by atoms with Gasteiger partial charge in [-0.1, -0.05) is 41.5 Å². The highest BCUT2D eigenvalue weighted by Gasteiger charge is 2.17. The average molecular weight is 664 g/mol. The van der Waals surface area contributed by atoms with Crippen LogP contribution in [0.25, 0.3) is 0 Å². The Morgan fingerprint density at radius 3 is 1.53 bits per heavy atom. The number of methoxy groups -OCH3 is 1. The molecule has 3 heterocycles. The van der Waals surface area contributed by atoms with Crippen LogP contribution in [-0.2, 0) is 29.5 Å². The van der Waals surface area contributed by atoms with Crippen LogP contribution < -0.4 is 4.74 Å². The van der Waals surface area contributed by atoms with Crippen molar-refractivity contribution in [3.05, 3.63) is 65.4 Å². The predicted octanol–water partition coefficient (Wildman–Crippen LogP) is 5.51. The molecule has 244 valence electrons. The van der Waals surface area contributed by atoms with Crippen LogP contribution in [0.3, 0.4) is 0 Å². The normalized spacial score (nSPS) is 11.1. The number of aromatic nitrogens is 3. The Labute approximate surface area is 257 Å². The van der Waals surface area contributed by atoms with Crippen molar-refractivity contribution in [2.45, 2.75) is 81.9 Å². The minimum Gasteiger partial charge on any atom is -0.480 e. The van der Waals surface area contributed by atoms with Crippen molar-refractivity contribution in [3.63, 3.8) is 0 Å². The van der Waals surface area contributed by atoms with Gasteiger partial charge in [0.25, 0.3) is 0 Å². The lowest BCUT2D eigenvalue weighted by atomic mass is 10.1. The van der Waals surface area contributed by atoms with Crippen LogP contribution in [0.5, 0.6) is 5.88 Å². The van der Waals surface area contributed by atoms with Gasteiger partial charge in [0.2, 0.25) is 5.88 Å². The lowest BCUT2D eigenvalue weighted by molar-refractivity contribution is 0.384. The Kier molecular flexibility index (Phi) is 17.6. The number of hydrogen-bond acceptors (Lipinski definition) is 10. The first-order chi connectivity index (χ1) is 19.2. The molecule has 0 aliphatic heterocycles. The second kappa shape index (κ2) is 18.0. The molecule has 0 bridgehead atoms. The zero-order chi connectivity index (χ0) is 33.1. The van der Waals surface area contributed by atoms with Crippen molar-refractivity contribution in [1.82, 2.24) is 15.0 Å². The Morgan fingerprint density at radius 1 is 0.651 bits per heavy atom. The maximum absolute atomic E-state index is 11.5. The summed E-state index contributed by atoms with van der Waals surface area (Å²) in [5.74, 6) is 0.694. The van der Waals surface area contributed by atoms with Crippen molar-refractivity contribution in [3.8, 4) is 5.88 Å². The second-order valence-corrected chi connectivity index (χ2v) is 15.9. The second-order valence-electron chi connectivity index (χ2n) is 9.95. The molecule has 0 atom stereocenters. The Morgan fingerprint density at radius 2 is 1.14 bits per heavy atom. The summed E-state index contributed by atoms with van der Waals surface area (Å²) >= 11 is 0. The summed E-state index contributed by atoms with van der Waals surface area (Å²) < 4.78 is 72.5. The highest BCUT2D eigenvalue weighted by Crippen LogP contribution is 2.25. The van der Waals surface area contributed by atoms with Crippen molar-refractivity contribution >= 4 is 29.5 Å². The zero-order valence-corrected chi connectivity index (χ0v) is 29.5. The highest BCUT2D eigenvalue weighted by atomic mass is 32.2. The first kappa shape index (κ1) is 42.2. The Hall–Kier alpha value is -2.97. The van der Waals surface area contributed by atoms with E-state index in [9.17, 15) is 25.3 Å². The van der Waals surface area contributed by atoms with Gasteiger partial charge in [-0.3, -0.25) is 14.7 Å². The minimum atomic E-state index is -3.29. The van der Waals surface area contributed by atoms with E-state index in [1.807, 2.05) is 48.5 Å². The third kappa shape index (κ3) is 14.4. The van der Waals surface area contributed by atoms with Gasteiger partial charge in [0.15, 0.2) is 29.5 Å². The largest absolute Gasteiger partial charge is 0.480 e. The molecular formula is C29H46FN3O7S3. The molecule has 0 radical (unpaired) electrons. The number of sulfone groups is 3. The molecule has 3 aromatic rings. The molecule has 10 nitrogen and oxygen atoms in total. The van der Waals surface area contributed by atoms with Crippen LogP contribution >= 0.6 is 0 Å². The van der Waals surface area contributed by atoms with E-state index in [1.54, 1.807) is 43.7 Å². The fourth-order valence-electron chi connectivity index (χ4n) is 3.12. The summed E-state index contributed by atoms with van der Waals surface area (Å²) in [6, 6.07) is 4.93. The van der Waals surface area contributed by atoms with Gasteiger partial charge in [-0.25, -0.2) is 30.2 Å². The summed E-state index contributed by atoms with van der Waals surface area (Å²) in [7, 11) is -8.12. The van der Waals surface area contributed by atoms with Crippen LogP contribution in [0.15, 0.2) is 57.7 Å². The average Bonchev–Trinajstić information content (AvgIpc) is 2.90. The molecule has 0 aromatic carbocycles. The monoisotopic (exact) mass is 663 g/mol. The van der Waals surface area contributed by atoms with Gasteiger partial charge >= 0.3 is 0 Å².